The fourth-order valence-corrected chi connectivity index (χ4v) is 3.06. The average molecular weight is 269 g/mol. The van der Waals surface area contributed by atoms with Gasteiger partial charge in [0, 0.05) is 18.8 Å². The third-order valence-corrected chi connectivity index (χ3v) is 4.21. The van der Waals surface area contributed by atoms with E-state index in [4.69, 9.17) is 16.7 Å². The van der Waals surface area contributed by atoms with Crippen molar-refractivity contribution in [1.29, 1.82) is 0 Å². The number of aliphatic hydroxyl groups excluding tert-OH is 1. The van der Waals surface area contributed by atoms with E-state index in [-0.39, 0.29) is 6.61 Å². The average Bonchev–Trinajstić information content (AvgIpc) is 2.34. The van der Waals surface area contributed by atoms with Crippen molar-refractivity contribution in [3.05, 3.63) is 22.8 Å². The van der Waals surface area contributed by atoms with Crippen LogP contribution < -0.4 is 4.90 Å². The van der Waals surface area contributed by atoms with Gasteiger partial charge in [-0.2, -0.15) is 0 Å². The van der Waals surface area contributed by atoms with E-state index < -0.39 is 0 Å². The van der Waals surface area contributed by atoms with E-state index >= 15 is 0 Å². The Bertz CT molecular complexity index is 424. The van der Waals surface area contributed by atoms with Gasteiger partial charge in [0.2, 0.25) is 0 Å². The van der Waals surface area contributed by atoms with Gasteiger partial charge in [0.15, 0.2) is 0 Å². The first-order valence-electron chi connectivity index (χ1n) is 6.54. The van der Waals surface area contributed by atoms with Crippen molar-refractivity contribution < 1.29 is 5.11 Å². The SMILES string of the molecule is CC1CC(C)C(C)N(c2ncc(CO)cc2Cl)C1. The zero-order valence-electron chi connectivity index (χ0n) is 11.2. The third-order valence-electron chi connectivity index (χ3n) is 3.93. The standard InChI is InChI=1S/C14H21ClN2O/c1-9-4-10(2)11(3)17(7-9)14-13(15)5-12(8-18)6-16-14/h5-6,9-11,18H,4,7-8H2,1-3H3. The van der Waals surface area contributed by atoms with Crippen LogP contribution in [-0.2, 0) is 6.61 Å². The van der Waals surface area contributed by atoms with Crippen LogP contribution in [0.3, 0.4) is 0 Å². The Morgan fingerprint density at radius 1 is 1.44 bits per heavy atom. The minimum atomic E-state index is -0.0185. The number of piperidine rings is 1. The van der Waals surface area contributed by atoms with Crippen LogP contribution in [0.25, 0.3) is 0 Å². The Hall–Kier alpha value is -0.800. The molecule has 2 heterocycles. The van der Waals surface area contributed by atoms with Gasteiger partial charge in [-0.25, -0.2) is 4.98 Å². The molecule has 0 aliphatic carbocycles. The number of rotatable bonds is 2. The predicted molar refractivity (Wildman–Crippen MR) is 74.9 cm³/mol. The number of anilines is 1. The van der Waals surface area contributed by atoms with Crippen molar-refractivity contribution in [3.8, 4) is 0 Å². The Kier molecular flexibility index (Phi) is 4.13. The highest BCUT2D eigenvalue weighted by Crippen LogP contribution is 2.34. The van der Waals surface area contributed by atoms with Crippen LogP contribution in [0.1, 0.15) is 32.8 Å². The van der Waals surface area contributed by atoms with Gasteiger partial charge in [0.25, 0.3) is 0 Å². The molecule has 1 N–H and O–H groups in total. The van der Waals surface area contributed by atoms with Gasteiger partial charge in [-0.05, 0) is 36.8 Å². The molecule has 1 aromatic heterocycles. The maximum Gasteiger partial charge on any atom is 0.147 e. The van der Waals surface area contributed by atoms with E-state index in [0.29, 0.717) is 22.9 Å². The zero-order chi connectivity index (χ0) is 13.3. The lowest BCUT2D eigenvalue weighted by Gasteiger charge is -2.42. The normalized spacial score (nSPS) is 28.5. The van der Waals surface area contributed by atoms with Gasteiger partial charge < -0.3 is 10.0 Å². The lowest BCUT2D eigenvalue weighted by atomic mass is 9.86. The van der Waals surface area contributed by atoms with Crippen molar-refractivity contribution in [2.75, 3.05) is 11.4 Å². The Morgan fingerprint density at radius 2 is 2.17 bits per heavy atom. The van der Waals surface area contributed by atoms with Gasteiger partial charge in [0.1, 0.15) is 5.82 Å². The van der Waals surface area contributed by atoms with Crippen molar-refractivity contribution in [2.24, 2.45) is 11.8 Å². The number of aliphatic hydroxyl groups is 1. The topological polar surface area (TPSA) is 36.4 Å². The molecule has 3 atom stereocenters. The van der Waals surface area contributed by atoms with Crippen LogP contribution in [-0.4, -0.2) is 22.7 Å². The number of hydrogen-bond donors (Lipinski definition) is 1. The van der Waals surface area contributed by atoms with Crippen LogP contribution in [0.4, 0.5) is 5.82 Å². The highest BCUT2D eigenvalue weighted by atomic mass is 35.5. The lowest BCUT2D eigenvalue weighted by molar-refractivity contribution is 0.281. The van der Waals surface area contributed by atoms with Gasteiger partial charge >= 0.3 is 0 Å². The number of hydrogen-bond acceptors (Lipinski definition) is 3. The van der Waals surface area contributed by atoms with Crippen molar-refractivity contribution in [3.63, 3.8) is 0 Å². The summed E-state index contributed by atoms with van der Waals surface area (Å²) in [4.78, 5) is 6.72. The van der Waals surface area contributed by atoms with Gasteiger partial charge in [-0.3, -0.25) is 0 Å². The quantitative estimate of drug-likeness (QED) is 0.895. The molecule has 0 saturated carbocycles. The molecule has 100 valence electrons. The first-order chi connectivity index (χ1) is 8.52. The smallest absolute Gasteiger partial charge is 0.147 e. The summed E-state index contributed by atoms with van der Waals surface area (Å²) in [5, 5.41) is 9.72. The van der Waals surface area contributed by atoms with Crippen LogP contribution in [0.5, 0.6) is 0 Å². The molecular weight excluding hydrogens is 248 g/mol. The summed E-state index contributed by atoms with van der Waals surface area (Å²) < 4.78 is 0. The highest BCUT2D eigenvalue weighted by molar-refractivity contribution is 6.33. The summed E-state index contributed by atoms with van der Waals surface area (Å²) >= 11 is 6.29. The van der Waals surface area contributed by atoms with Gasteiger partial charge in [-0.15, -0.1) is 0 Å². The maximum absolute atomic E-state index is 9.09. The largest absolute Gasteiger partial charge is 0.392 e. The molecule has 18 heavy (non-hydrogen) atoms. The highest BCUT2D eigenvalue weighted by Gasteiger charge is 2.30. The molecule has 3 unspecified atom stereocenters. The number of halogens is 1. The summed E-state index contributed by atoms with van der Waals surface area (Å²) in [5.41, 5.74) is 0.759. The first-order valence-corrected chi connectivity index (χ1v) is 6.92. The van der Waals surface area contributed by atoms with Crippen molar-refractivity contribution in [2.45, 2.75) is 39.8 Å². The van der Waals surface area contributed by atoms with Gasteiger partial charge in [-0.1, -0.05) is 25.4 Å². The Labute approximate surface area is 114 Å². The summed E-state index contributed by atoms with van der Waals surface area (Å²) in [6.07, 6.45) is 2.96. The van der Waals surface area contributed by atoms with E-state index in [2.05, 4.69) is 30.7 Å². The van der Waals surface area contributed by atoms with Crippen LogP contribution >= 0.6 is 11.6 Å². The molecule has 0 amide bonds. The third kappa shape index (κ3) is 2.62. The molecule has 0 bridgehead atoms. The molecule has 1 fully saturated rings. The van der Waals surface area contributed by atoms with Crippen LogP contribution in [0, 0.1) is 11.8 Å². The molecule has 1 aliphatic heterocycles. The second-order valence-corrected chi connectivity index (χ2v) is 5.93. The fourth-order valence-electron chi connectivity index (χ4n) is 2.76. The molecule has 1 aromatic rings. The molecule has 0 aromatic carbocycles. The van der Waals surface area contributed by atoms with Crippen molar-refractivity contribution >= 4 is 17.4 Å². The molecule has 4 heteroatoms. The lowest BCUT2D eigenvalue weighted by Crippen LogP contribution is -2.46. The molecule has 0 spiro atoms. The molecule has 1 aliphatic rings. The second kappa shape index (κ2) is 5.45. The number of aromatic nitrogens is 1. The molecule has 3 nitrogen and oxygen atoms in total. The fraction of sp³-hybridized carbons (Fsp3) is 0.643. The van der Waals surface area contributed by atoms with Crippen LogP contribution in [0.2, 0.25) is 5.02 Å². The second-order valence-electron chi connectivity index (χ2n) is 5.52. The number of nitrogens with zero attached hydrogens (tertiary/aromatic N) is 2. The molecule has 0 radical (unpaired) electrons. The predicted octanol–water partition coefficient (Wildman–Crippen LogP) is 3.10. The van der Waals surface area contributed by atoms with Gasteiger partial charge in [0.05, 0.1) is 11.6 Å². The maximum atomic E-state index is 9.09. The molecular formula is C14H21ClN2O. The van der Waals surface area contributed by atoms with E-state index in [1.165, 1.54) is 6.42 Å². The number of pyridine rings is 1. The van der Waals surface area contributed by atoms with Crippen molar-refractivity contribution in [1.82, 2.24) is 4.98 Å². The van der Waals surface area contributed by atoms with E-state index in [0.717, 1.165) is 17.9 Å². The molecule has 2 rings (SSSR count). The minimum absolute atomic E-state index is 0.0185. The van der Waals surface area contributed by atoms with Crippen LogP contribution in [0.15, 0.2) is 12.3 Å². The summed E-state index contributed by atoms with van der Waals surface area (Å²) in [5.74, 6) is 2.15. The van der Waals surface area contributed by atoms with E-state index in [1.54, 1.807) is 12.3 Å². The van der Waals surface area contributed by atoms with E-state index in [9.17, 15) is 0 Å². The minimum Gasteiger partial charge on any atom is -0.392 e. The summed E-state index contributed by atoms with van der Waals surface area (Å²) in [6, 6.07) is 2.26. The monoisotopic (exact) mass is 268 g/mol. The first kappa shape index (κ1) is 13.6. The summed E-state index contributed by atoms with van der Waals surface area (Å²) in [6.45, 7) is 7.76. The molecule has 1 saturated heterocycles. The van der Waals surface area contributed by atoms with E-state index in [1.807, 2.05) is 0 Å². The Balaban J connectivity index is 2.29. The summed E-state index contributed by atoms with van der Waals surface area (Å²) in [7, 11) is 0. The Morgan fingerprint density at radius 3 is 2.78 bits per heavy atom. The zero-order valence-corrected chi connectivity index (χ0v) is 12.0.